The van der Waals surface area contributed by atoms with Crippen molar-refractivity contribution in [2.75, 3.05) is 18.8 Å². The first kappa shape index (κ1) is 15.5. The highest BCUT2D eigenvalue weighted by molar-refractivity contribution is 8.00. The van der Waals surface area contributed by atoms with Crippen LogP contribution in [0.15, 0.2) is 0 Å². The monoisotopic (exact) mass is 328 g/mol. The number of nitrogens with zero attached hydrogens (tertiary/aromatic N) is 4. The third-order valence-corrected chi connectivity index (χ3v) is 6.20. The van der Waals surface area contributed by atoms with Gasteiger partial charge in [0.05, 0.1) is 6.67 Å². The molecule has 1 saturated heterocycles. The minimum atomic E-state index is -0.0301. The van der Waals surface area contributed by atoms with E-state index in [4.69, 9.17) is 12.2 Å². The molecule has 0 amide bonds. The minimum absolute atomic E-state index is 0.0301. The van der Waals surface area contributed by atoms with Gasteiger partial charge in [-0.2, -0.15) is 16.9 Å². The molecule has 1 aromatic heterocycles. The van der Waals surface area contributed by atoms with Gasteiger partial charge in [-0.3, -0.25) is 9.47 Å². The molecule has 2 aliphatic rings. The van der Waals surface area contributed by atoms with Crippen molar-refractivity contribution in [3.63, 3.8) is 0 Å². The first-order valence-electron chi connectivity index (χ1n) is 7.73. The molecule has 1 atom stereocenters. The van der Waals surface area contributed by atoms with Gasteiger partial charge in [-0.25, -0.2) is 4.68 Å². The van der Waals surface area contributed by atoms with Crippen LogP contribution in [0.5, 0.6) is 0 Å². The fourth-order valence-corrected chi connectivity index (χ4v) is 4.54. The Morgan fingerprint density at radius 3 is 2.81 bits per heavy atom. The fourth-order valence-electron chi connectivity index (χ4n) is 2.82. The van der Waals surface area contributed by atoms with Crippen LogP contribution in [-0.2, 0) is 13.3 Å². The average Bonchev–Trinajstić information content (AvgIpc) is 3.25. The largest absolute Gasteiger partial charge is 0.388 e. The molecule has 1 unspecified atom stereocenters. The van der Waals surface area contributed by atoms with Crippen LogP contribution < -0.4 is 0 Å². The normalized spacial score (nSPS) is 23.9. The van der Waals surface area contributed by atoms with Gasteiger partial charge < -0.3 is 5.11 Å². The Bertz CT molecular complexity index is 550. The first-order valence-corrected chi connectivity index (χ1v) is 9.19. The maximum absolute atomic E-state index is 9.49. The van der Waals surface area contributed by atoms with E-state index in [2.05, 4.69) is 35.6 Å². The second-order valence-corrected chi connectivity index (χ2v) is 8.04. The Hall–Kier alpha value is -0.370. The van der Waals surface area contributed by atoms with Crippen LogP contribution in [0.25, 0.3) is 0 Å². The smallest absolute Gasteiger partial charge is 0.199 e. The van der Waals surface area contributed by atoms with Gasteiger partial charge in [-0.15, -0.1) is 0 Å². The number of thioether (sulfide) groups is 1. The Balaban J connectivity index is 1.74. The number of aromatic nitrogens is 3. The summed E-state index contributed by atoms with van der Waals surface area (Å²) < 4.78 is 4.71. The highest BCUT2D eigenvalue weighted by atomic mass is 32.2. The molecule has 0 aromatic carbocycles. The quantitative estimate of drug-likeness (QED) is 0.840. The van der Waals surface area contributed by atoms with Gasteiger partial charge in [0, 0.05) is 30.1 Å². The van der Waals surface area contributed by atoms with Gasteiger partial charge in [-0.1, -0.05) is 13.8 Å². The molecule has 1 aliphatic carbocycles. The lowest BCUT2D eigenvalue weighted by atomic mass is 10.1. The van der Waals surface area contributed by atoms with Crippen LogP contribution in [0.4, 0.5) is 0 Å². The van der Waals surface area contributed by atoms with Gasteiger partial charge in [-0.05, 0) is 31.0 Å². The summed E-state index contributed by atoms with van der Waals surface area (Å²) in [5.74, 6) is 2.59. The third kappa shape index (κ3) is 3.36. The molecule has 118 valence electrons. The summed E-state index contributed by atoms with van der Waals surface area (Å²) in [6.07, 6.45) is 2.31. The van der Waals surface area contributed by atoms with E-state index in [1.54, 1.807) is 0 Å². The molecular weight excluding hydrogens is 304 g/mol. The van der Waals surface area contributed by atoms with Crippen molar-refractivity contribution in [2.45, 2.75) is 51.3 Å². The van der Waals surface area contributed by atoms with Crippen molar-refractivity contribution in [1.82, 2.24) is 19.2 Å². The van der Waals surface area contributed by atoms with Crippen LogP contribution in [0, 0.1) is 10.7 Å². The minimum Gasteiger partial charge on any atom is -0.388 e. The maximum atomic E-state index is 9.49. The molecule has 21 heavy (non-hydrogen) atoms. The summed E-state index contributed by atoms with van der Waals surface area (Å²) in [6, 6.07) is 0.466. The highest BCUT2D eigenvalue weighted by Gasteiger charge is 2.29. The molecule has 0 spiro atoms. The molecule has 2 fully saturated rings. The Morgan fingerprint density at radius 2 is 2.19 bits per heavy atom. The van der Waals surface area contributed by atoms with E-state index < -0.39 is 0 Å². The lowest BCUT2D eigenvalue weighted by Gasteiger charge is -2.34. The SMILES string of the molecule is CC(C)C1CN(Cn2nc(CO)n(C3CC3)c2=S)CCS1. The standard InChI is InChI=1S/C14H24N4OS2/c1-10(2)12-7-16(5-6-21-12)9-17-14(20)18(11-3-4-11)13(8-19)15-17/h10-12,19H,3-9H2,1-2H3. The second-order valence-electron chi connectivity index (χ2n) is 6.33. The fraction of sp³-hybridized carbons (Fsp3) is 0.857. The Labute approximate surface area is 135 Å². The zero-order valence-electron chi connectivity index (χ0n) is 12.7. The summed E-state index contributed by atoms with van der Waals surface area (Å²) in [5, 5.41) is 14.7. The average molecular weight is 329 g/mol. The molecule has 2 heterocycles. The van der Waals surface area contributed by atoms with E-state index in [0.717, 1.165) is 37.4 Å². The molecule has 5 nitrogen and oxygen atoms in total. The lowest BCUT2D eigenvalue weighted by Crippen LogP contribution is -2.41. The van der Waals surface area contributed by atoms with Crippen molar-refractivity contribution >= 4 is 24.0 Å². The van der Waals surface area contributed by atoms with E-state index in [-0.39, 0.29) is 6.61 Å². The van der Waals surface area contributed by atoms with Crippen LogP contribution in [-0.4, -0.2) is 48.4 Å². The second kappa shape index (κ2) is 6.40. The zero-order chi connectivity index (χ0) is 15.0. The Kier molecular flexibility index (Phi) is 4.73. The lowest BCUT2D eigenvalue weighted by molar-refractivity contribution is 0.201. The van der Waals surface area contributed by atoms with Crippen LogP contribution in [0.3, 0.4) is 0 Å². The van der Waals surface area contributed by atoms with Gasteiger partial charge in [0.2, 0.25) is 0 Å². The zero-order valence-corrected chi connectivity index (χ0v) is 14.4. The number of hydrogen-bond acceptors (Lipinski definition) is 5. The summed E-state index contributed by atoms with van der Waals surface area (Å²) in [7, 11) is 0. The molecular formula is C14H24N4OS2. The van der Waals surface area contributed by atoms with Crippen molar-refractivity contribution < 1.29 is 5.11 Å². The van der Waals surface area contributed by atoms with Gasteiger partial charge in [0.25, 0.3) is 0 Å². The maximum Gasteiger partial charge on any atom is 0.199 e. The molecule has 1 aliphatic heterocycles. The number of hydrogen-bond donors (Lipinski definition) is 1. The van der Waals surface area contributed by atoms with Crippen molar-refractivity contribution in [3.8, 4) is 0 Å². The predicted octanol–water partition coefficient (Wildman–Crippen LogP) is 2.27. The van der Waals surface area contributed by atoms with Crippen LogP contribution in [0.1, 0.15) is 38.6 Å². The molecule has 7 heteroatoms. The summed E-state index contributed by atoms with van der Waals surface area (Å²) in [4.78, 5) is 2.43. The molecule has 0 bridgehead atoms. The summed E-state index contributed by atoms with van der Waals surface area (Å²) in [5.41, 5.74) is 0. The molecule has 3 rings (SSSR count). The van der Waals surface area contributed by atoms with Gasteiger partial charge in [0.1, 0.15) is 6.61 Å². The summed E-state index contributed by atoms with van der Waals surface area (Å²) in [6.45, 7) is 7.47. The van der Waals surface area contributed by atoms with Crippen molar-refractivity contribution in [1.29, 1.82) is 0 Å². The number of aliphatic hydroxyl groups is 1. The van der Waals surface area contributed by atoms with E-state index in [1.165, 1.54) is 5.75 Å². The topological polar surface area (TPSA) is 46.2 Å². The third-order valence-electron chi connectivity index (χ3n) is 4.25. The van der Waals surface area contributed by atoms with E-state index >= 15 is 0 Å². The van der Waals surface area contributed by atoms with E-state index in [9.17, 15) is 5.11 Å². The molecule has 1 aromatic rings. The van der Waals surface area contributed by atoms with Crippen LogP contribution in [0.2, 0.25) is 0 Å². The first-order chi connectivity index (χ1) is 10.1. The highest BCUT2D eigenvalue weighted by Crippen LogP contribution is 2.36. The van der Waals surface area contributed by atoms with Crippen LogP contribution >= 0.6 is 24.0 Å². The Morgan fingerprint density at radius 1 is 1.43 bits per heavy atom. The summed E-state index contributed by atoms with van der Waals surface area (Å²) >= 11 is 7.64. The number of rotatable bonds is 5. The molecule has 1 N–H and O–H groups in total. The van der Waals surface area contributed by atoms with Gasteiger partial charge in [0.15, 0.2) is 10.6 Å². The van der Waals surface area contributed by atoms with E-state index in [0.29, 0.717) is 23.0 Å². The number of aliphatic hydroxyl groups excluding tert-OH is 1. The van der Waals surface area contributed by atoms with Gasteiger partial charge >= 0.3 is 0 Å². The molecule has 0 radical (unpaired) electrons. The van der Waals surface area contributed by atoms with E-state index in [1.807, 2.05) is 9.25 Å². The molecule has 1 saturated carbocycles. The predicted molar refractivity (Wildman–Crippen MR) is 87.9 cm³/mol. The van der Waals surface area contributed by atoms with Crippen molar-refractivity contribution in [3.05, 3.63) is 10.6 Å². The van der Waals surface area contributed by atoms with Crippen molar-refractivity contribution in [2.24, 2.45) is 5.92 Å².